The van der Waals surface area contributed by atoms with Gasteiger partial charge in [0.2, 0.25) is 0 Å². The van der Waals surface area contributed by atoms with Gasteiger partial charge in [-0.15, -0.1) is 12.2 Å². The molecule has 2 aliphatic heterocycles. The standard InChI is InChI=1S/C28H26N6O4.C21H30N4O5.C10H17N3/c35-25-21-7-5-9-23(33-21)27(37)31-17-19-11-13-20(14-12-19)18-32-28(38)24-10-6-8-22(34-24)26(36)30-16-4-2-1-3-15-29-25;1-14-19(27)18(20(14)28)15-5-7-16(8-6-15)25(10-9-23-24-22)11-12-29-13-17(26)30-21(2,3)4;1-4-9(5-2)10(6-3)7-8-12-13-11/h1-14H,15-18H2,(H,29,35)(H,30,36)(H,31,37)(H,32,38);5-8,14,18-20H,9-13H2,1-4H3;4-5,10H,1,6-8H2,2-3H3/q;-2;/b;;9-5+. The van der Waals surface area contributed by atoms with E-state index in [4.69, 9.17) is 20.5 Å². The van der Waals surface area contributed by atoms with Crippen molar-refractivity contribution in [2.75, 3.05) is 57.4 Å². The van der Waals surface area contributed by atoms with Crippen molar-refractivity contribution < 1.29 is 43.7 Å². The number of rotatable bonds is 16. The molecule has 4 N–H and O–H groups in total. The summed E-state index contributed by atoms with van der Waals surface area (Å²) in [5.41, 5.74) is 21.2. The molecule has 3 unspecified atom stereocenters. The topological polar surface area (TPSA) is 325 Å². The SMILES string of the molecule is C=C/C(=C\C)C(CC)CCN=[N+]=[N-].CC1C([O-])C(c2ccc(N(CCN=[N+]=[N-])CCOCC(=O)OC(C)(C)C)cc2)C1[O-].O=C1NCC=CC=CCNC(=O)c2cccc(n2)C(=O)NCc2ccc(cc2)CNC(=O)c2cccc1n2. The summed E-state index contributed by atoms with van der Waals surface area (Å²) in [6.45, 7) is 17.9. The molecule has 430 valence electrons. The van der Waals surface area contributed by atoms with Crippen LogP contribution in [0.5, 0.6) is 0 Å². The molecule has 81 heavy (non-hydrogen) atoms. The lowest BCUT2D eigenvalue weighted by Crippen LogP contribution is -2.64. The molecule has 2 aromatic heterocycles. The van der Waals surface area contributed by atoms with Gasteiger partial charge in [0.25, 0.3) is 23.6 Å². The zero-order chi connectivity index (χ0) is 59.2. The average Bonchev–Trinajstić information content (AvgIpc) is 3.49. The number of esters is 1. The summed E-state index contributed by atoms with van der Waals surface area (Å²) in [7, 11) is 0. The van der Waals surface area contributed by atoms with E-state index in [-0.39, 0.29) is 74.6 Å². The fraction of sp³-hybridized carbons (Fsp3) is 0.407. The number of azide groups is 2. The van der Waals surface area contributed by atoms with Gasteiger partial charge < -0.3 is 45.9 Å². The summed E-state index contributed by atoms with van der Waals surface area (Å²) in [6.07, 6.45) is 11.1. The molecule has 1 saturated carbocycles. The van der Waals surface area contributed by atoms with E-state index in [1.54, 1.807) is 76.3 Å². The van der Waals surface area contributed by atoms with E-state index >= 15 is 0 Å². The van der Waals surface area contributed by atoms with Crippen molar-refractivity contribution in [3.8, 4) is 0 Å². The number of benzene rings is 2. The maximum atomic E-state index is 12.6. The van der Waals surface area contributed by atoms with Crippen LogP contribution in [0.1, 0.15) is 119 Å². The summed E-state index contributed by atoms with van der Waals surface area (Å²) >= 11 is 0. The Hall–Kier alpha value is -8.65. The quantitative estimate of drug-likeness (QED) is 0.0218. The van der Waals surface area contributed by atoms with Crippen LogP contribution in [0.4, 0.5) is 5.69 Å². The van der Waals surface area contributed by atoms with Gasteiger partial charge in [0.15, 0.2) is 0 Å². The van der Waals surface area contributed by atoms with Crippen molar-refractivity contribution in [3.05, 3.63) is 194 Å². The second-order valence-electron chi connectivity index (χ2n) is 19.6. The molecule has 0 radical (unpaired) electrons. The first-order chi connectivity index (χ1) is 38.9. The molecule has 1 aliphatic carbocycles. The minimum Gasteiger partial charge on any atom is -0.851 e. The Balaban J connectivity index is 0.000000292. The first-order valence-electron chi connectivity index (χ1n) is 26.7. The van der Waals surface area contributed by atoms with E-state index in [2.05, 4.69) is 70.9 Å². The molecule has 0 saturated heterocycles. The number of allylic oxidation sites excluding steroid dienone is 5. The number of ether oxygens (including phenoxy) is 2. The second-order valence-corrected chi connectivity index (χ2v) is 19.6. The summed E-state index contributed by atoms with van der Waals surface area (Å²) in [5.74, 6) is -2.40. The number of hydrogen-bond donors (Lipinski definition) is 4. The predicted molar refractivity (Wildman–Crippen MR) is 305 cm³/mol. The van der Waals surface area contributed by atoms with Crippen molar-refractivity contribution in [1.82, 2.24) is 31.2 Å². The molecule has 4 heterocycles. The summed E-state index contributed by atoms with van der Waals surface area (Å²) in [5, 5.41) is 42.2. The van der Waals surface area contributed by atoms with Crippen molar-refractivity contribution >= 4 is 35.3 Å². The molecule has 3 atom stereocenters. The highest BCUT2D eigenvalue weighted by Crippen LogP contribution is 2.39. The third kappa shape index (κ3) is 22.2. The van der Waals surface area contributed by atoms with Crippen LogP contribution in [-0.2, 0) is 27.4 Å². The van der Waals surface area contributed by atoms with E-state index in [9.17, 15) is 34.2 Å². The number of hydrogen-bond acceptors (Lipinski definition) is 14. The Morgan fingerprint density at radius 2 is 1.25 bits per heavy atom. The number of fused-ring (bicyclic) bond motifs is 13. The highest BCUT2D eigenvalue weighted by Gasteiger charge is 2.34. The zero-order valence-corrected chi connectivity index (χ0v) is 46.8. The summed E-state index contributed by atoms with van der Waals surface area (Å²) < 4.78 is 10.6. The summed E-state index contributed by atoms with van der Waals surface area (Å²) in [4.78, 5) is 77.5. The predicted octanol–water partition coefficient (Wildman–Crippen LogP) is 7.12. The zero-order valence-electron chi connectivity index (χ0n) is 46.8. The lowest BCUT2D eigenvalue weighted by molar-refractivity contribution is -0.547. The van der Waals surface area contributed by atoms with Crippen LogP contribution < -0.4 is 36.4 Å². The second kappa shape index (κ2) is 34.4. The van der Waals surface area contributed by atoms with Gasteiger partial charge in [-0.05, 0) is 122 Å². The Labute approximate surface area is 473 Å². The van der Waals surface area contributed by atoms with Crippen LogP contribution in [0.15, 0.2) is 144 Å². The van der Waals surface area contributed by atoms with Gasteiger partial charge in [-0.1, -0.05) is 122 Å². The van der Waals surface area contributed by atoms with Crippen molar-refractivity contribution in [3.63, 3.8) is 0 Å². The number of aromatic nitrogens is 2. The number of carbonyl (C=O) groups is 5. The molecule has 4 aromatic rings. The molecule has 7 rings (SSSR count). The minimum atomic E-state index is -0.860. The highest BCUT2D eigenvalue weighted by molar-refractivity contribution is 5.97. The first kappa shape index (κ1) is 64.9. The van der Waals surface area contributed by atoms with Gasteiger partial charge in [-0.25, -0.2) is 14.8 Å². The number of anilines is 1. The molecule has 22 heteroatoms. The van der Waals surface area contributed by atoms with Gasteiger partial charge >= 0.3 is 5.97 Å². The monoisotopic (exact) mass is 1110 g/mol. The maximum absolute atomic E-state index is 12.6. The average molecular weight is 1110 g/mol. The molecule has 6 bridgehead atoms. The fourth-order valence-corrected chi connectivity index (χ4v) is 8.31. The molecule has 1 fully saturated rings. The number of nitrogens with one attached hydrogen (secondary N) is 4. The molecule has 4 amide bonds. The normalized spacial score (nSPS) is 17.9. The van der Waals surface area contributed by atoms with E-state index < -0.39 is 53.3 Å². The van der Waals surface area contributed by atoms with Crippen LogP contribution in [0.3, 0.4) is 0 Å². The first-order valence-corrected chi connectivity index (χ1v) is 26.7. The van der Waals surface area contributed by atoms with Crippen molar-refractivity contribution in [1.29, 1.82) is 0 Å². The number of nitrogens with zero attached hydrogens (tertiary/aromatic N) is 9. The Kier molecular flexibility index (Phi) is 27.5. The van der Waals surface area contributed by atoms with Crippen molar-refractivity contribution in [2.45, 2.75) is 91.2 Å². The Bertz CT molecular complexity index is 2790. The van der Waals surface area contributed by atoms with Gasteiger partial charge in [-0.2, -0.15) is 0 Å². The van der Waals surface area contributed by atoms with Crippen LogP contribution >= 0.6 is 0 Å². The Morgan fingerprint density at radius 3 is 1.69 bits per heavy atom. The smallest absolute Gasteiger partial charge is 0.332 e. The van der Waals surface area contributed by atoms with Gasteiger partial charge in [0.05, 0.1) is 6.61 Å². The van der Waals surface area contributed by atoms with Crippen LogP contribution in [0.2, 0.25) is 0 Å². The fourth-order valence-electron chi connectivity index (χ4n) is 8.31. The van der Waals surface area contributed by atoms with E-state index in [0.29, 0.717) is 25.6 Å². The van der Waals surface area contributed by atoms with Crippen LogP contribution in [-0.4, -0.2) is 110 Å². The highest BCUT2D eigenvalue weighted by atomic mass is 16.6. The number of carbonyl (C=O) groups excluding carboxylic acids is 5. The van der Waals surface area contributed by atoms with Gasteiger partial charge in [0, 0.05) is 67.9 Å². The maximum Gasteiger partial charge on any atom is 0.332 e. The lowest BCUT2D eigenvalue weighted by Gasteiger charge is -2.60. The third-order valence-corrected chi connectivity index (χ3v) is 12.7. The molecule has 0 spiro atoms. The minimum absolute atomic E-state index is 0.134. The van der Waals surface area contributed by atoms with Gasteiger partial charge in [0.1, 0.15) is 35.0 Å². The molecular weight excluding hydrogens is 1030 g/mol. The molecule has 2 aromatic carbocycles. The molecular formula is C59H73N13O9-2. The van der Waals surface area contributed by atoms with E-state index in [1.807, 2.05) is 66.4 Å². The largest absolute Gasteiger partial charge is 0.851 e. The molecule has 3 aliphatic rings. The number of pyridine rings is 2. The van der Waals surface area contributed by atoms with E-state index in [1.165, 1.54) is 17.7 Å². The van der Waals surface area contributed by atoms with Crippen LogP contribution in [0.25, 0.3) is 20.9 Å². The third-order valence-electron chi connectivity index (χ3n) is 12.7. The number of amides is 4. The van der Waals surface area contributed by atoms with E-state index in [0.717, 1.165) is 35.2 Å². The van der Waals surface area contributed by atoms with Gasteiger partial charge in [-0.3, -0.25) is 19.2 Å². The van der Waals surface area contributed by atoms with Crippen molar-refractivity contribution in [2.24, 2.45) is 22.1 Å². The Morgan fingerprint density at radius 1 is 0.765 bits per heavy atom. The lowest BCUT2D eigenvalue weighted by atomic mass is 9.67. The van der Waals surface area contributed by atoms with Crippen LogP contribution in [0, 0.1) is 11.8 Å². The summed E-state index contributed by atoms with van der Waals surface area (Å²) in [6, 6.07) is 24.1. The molecule has 22 nitrogen and oxygen atoms in total.